The lowest BCUT2D eigenvalue weighted by Crippen LogP contribution is -2.24. The van der Waals surface area contributed by atoms with E-state index in [4.69, 9.17) is 28.2 Å². The minimum Gasteiger partial charge on any atom is -0.268 e. The van der Waals surface area contributed by atoms with Crippen molar-refractivity contribution in [2.45, 2.75) is 17.1 Å². The molecule has 3 aromatic heterocycles. The quantitative estimate of drug-likeness (QED) is 0.175. The van der Waals surface area contributed by atoms with Gasteiger partial charge in [0.1, 0.15) is 11.6 Å². The average molecular weight is 649 g/mol. The highest BCUT2D eigenvalue weighted by Crippen LogP contribution is 2.33. The molecule has 7 aromatic rings. The Kier molecular flexibility index (Phi) is 7.03. The Balaban J connectivity index is 1.41. The maximum Gasteiger partial charge on any atom is 0.416 e. The lowest BCUT2D eigenvalue weighted by Gasteiger charge is -2.16. The number of aromatic nitrogens is 6. The van der Waals surface area contributed by atoms with Gasteiger partial charge in [-0.2, -0.15) is 13.2 Å². The molecule has 4 aromatic carbocycles. The van der Waals surface area contributed by atoms with Crippen molar-refractivity contribution < 1.29 is 13.2 Å². The van der Waals surface area contributed by atoms with Crippen LogP contribution in [0.2, 0.25) is 10.0 Å². The Morgan fingerprint density at radius 1 is 0.818 bits per heavy atom. The van der Waals surface area contributed by atoms with Gasteiger partial charge in [-0.1, -0.05) is 83.5 Å². The van der Waals surface area contributed by atoms with Crippen molar-refractivity contribution in [1.82, 2.24) is 29.1 Å². The largest absolute Gasteiger partial charge is 0.416 e. The van der Waals surface area contributed by atoms with Crippen LogP contribution < -0.4 is 5.56 Å². The fraction of sp³-hybridized carbons (Fsp3) is 0.0645. The molecule has 0 radical (unpaired) electrons. The van der Waals surface area contributed by atoms with Gasteiger partial charge in [-0.15, -0.1) is 10.2 Å². The van der Waals surface area contributed by atoms with Crippen molar-refractivity contribution >= 4 is 62.4 Å². The standard InChI is InChI=1S/C31H17Cl2F3N6OS/c32-19-14-22-26(23(33)15-19)38-25(41(29(22)43)20-10-6-9-18(13-20)31(34,35)36)16-44-30-40-39-28-21-11-4-5-12-24(21)37-27(42(28)30)17-7-2-1-3-8-17/h1-15H,16H2. The highest BCUT2D eigenvalue weighted by atomic mass is 35.5. The smallest absolute Gasteiger partial charge is 0.268 e. The summed E-state index contributed by atoms with van der Waals surface area (Å²) in [6.45, 7) is 0. The average Bonchev–Trinajstić information content (AvgIpc) is 3.45. The second kappa shape index (κ2) is 10.9. The number of thioether (sulfide) groups is 1. The number of nitrogens with zero attached hydrogens (tertiary/aromatic N) is 6. The molecule has 3 heterocycles. The topological polar surface area (TPSA) is 78.0 Å². The molecule has 0 saturated carbocycles. The zero-order valence-electron chi connectivity index (χ0n) is 22.3. The Morgan fingerprint density at radius 2 is 1.59 bits per heavy atom. The van der Waals surface area contributed by atoms with Crippen molar-refractivity contribution in [2.24, 2.45) is 0 Å². The van der Waals surface area contributed by atoms with E-state index in [1.165, 1.54) is 36.0 Å². The summed E-state index contributed by atoms with van der Waals surface area (Å²) in [6.07, 6.45) is -4.62. The van der Waals surface area contributed by atoms with Gasteiger partial charge in [0.05, 0.1) is 38.4 Å². The molecule has 0 fully saturated rings. The zero-order valence-corrected chi connectivity index (χ0v) is 24.6. The molecule has 0 aliphatic carbocycles. The fourth-order valence-corrected chi connectivity index (χ4v) is 6.40. The van der Waals surface area contributed by atoms with Crippen LogP contribution in [0.5, 0.6) is 0 Å². The van der Waals surface area contributed by atoms with E-state index in [0.717, 1.165) is 33.2 Å². The predicted molar refractivity (Wildman–Crippen MR) is 166 cm³/mol. The van der Waals surface area contributed by atoms with Crippen molar-refractivity contribution in [3.8, 4) is 17.1 Å². The van der Waals surface area contributed by atoms with Gasteiger partial charge in [0.2, 0.25) is 0 Å². The molecular formula is C31H17Cl2F3N6OS. The SMILES string of the molecule is O=c1c2cc(Cl)cc(Cl)c2nc(CSc2nnc3c4ccccc4nc(-c4ccccc4)n23)n1-c1cccc(C(F)(F)F)c1. The highest BCUT2D eigenvalue weighted by molar-refractivity contribution is 7.98. The Bertz CT molecular complexity index is 2290. The van der Waals surface area contributed by atoms with Crippen LogP contribution in [0, 0.1) is 0 Å². The van der Waals surface area contributed by atoms with Crippen molar-refractivity contribution in [2.75, 3.05) is 0 Å². The molecular weight excluding hydrogens is 632 g/mol. The summed E-state index contributed by atoms with van der Waals surface area (Å²) in [5.74, 6) is 0.788. The summed E-state index contributed by atoms with van der Waals surface area (Å²) in [4.78, 5) is 23.4. The molecule has 0 bridgehead atoms. The maximum atomic E-state index is 13.8. The van der Waals surface area contributed by atoms with Gasteiger partial charge < -0.3 is 0 Å². The van der Waals surface area contributed by atoms with E-state index in [0.29, 0.717) is 16.6 Å². The number of halogens is 5. The third-order valence-electron chi connectivity index (χ3n) is 6.97. The summed E-state index contributed by atoms with van der Waals surface area (Å²) in [5.41, 5.74) is 0.815. The Hall–Kier alpha value is -4.45. The van der Waals surface area contributed by atoms with E-state index >= 15 is 0 Å². The molecule has 0 N–H and O–H groups in total. The number of para-hydroxylation sites is 1. The number of alkyl halides is 3. The Labute approximate surface area is 260 Å². The van der Waals surface area contributed by atoms with Crippen LogP contribution in [0.15, 0.2) is 101 Å². The van der Waals surface area contributed by atoms with E-state index in [1.54, 1.807) is 0 Å². The summed E-state index contributed by atoms with van der Waals surface area (Å²) in [7, 11) is 0. The first kappa shape index (κ1) is 28.3. The zero-order chi connectivity index (χ0) is 30.6. The van der Waals surface area contributed by atoms with Gasteiger partial charge in [-0.3, -0.25) is 13.8 Å². The lowest BCUT2D eigenvalue weighted by molar-refractivity contribution is -0.137. The molecule has 218 valence electrons. The summed E-state index contributed by atoms with van der Waals surface area (Å²) in [5, 5.41) is 10.5. The second-order valence-electron chi connectivity index (χ2n) is 9.75. The van der Waals surface area contributed by atoms with Crippen LogP contribution in [0.25, 0.3) is 44.5 Å². The maximum absolute atomic E-state index is 13.8. The number of fused-ring (bicyclic) bond motifs is 4. The normalized spacial score (nSPS) is 12.0. The number of hydrogen-bond donors (Lipinski definition) is 0. The van der Waals surface area contributed by atoms with E-state index in [-0.39, 0.29) is 38.2 Å². The predicted octanol–water partition coefficient (Wildman–Crippen LogP) is 8.26. The molecule has 0 unspecified atom stereocenters. The lowest BCUT2D eigenvalue weighted by atomic mass is 10.2. The van der Waals surface area contributed by atoms with Crippen LogP contribution >= 0.6 is 35.0 Å². The van der Waals surface area contributed by atoms with Crippen LogP contribution in [0.4, 0.5) is 13.2 Å². The minimum atomic E-state index is -4.62. The molecule has 0 saturated heterocycles. The van der Waals surface area contributed by atoms with Crippen molar-refractivity contribution in [3.63, 3.8) is 0 Å². The second-order valence-corrected chi connectivity index (χ2v) is 11.5. The van der Waals surface area contributed by atoms with Gasteiger partial charge in [-0.25, -0.2) is 9.97 Å². The highest BCUT2D eigenvalue weighted by Gasteiger charge is 2.31. The molecule has 0 amide bonds. The first-order chi connectivity index (χ1) is 21.2. The molecule has 0 spiro atoms. The van der Waals surface area contributed by atoms with Crippen LogP contribution in [0.3, 0.4) is 0 Å². The number of hydrogen-bond acceptors (Lipinski definition) is 6. The Morgan fingerprint density at radius 3 is 2.39 bits per heavy atom. The number of rotatable bonds is 5. The van der Waals surface area contributed by atoms with E-state index in [9.17, 15) is 18.0 Å². The summed E-state index contributed by atoms with van der Waals surface area (Å²) in [6, 6.07) is 24.5. The first-order valence-corrected chi connectivity index (χ1v) is 14.8. The summed E-state index contributed by atoms with van der Waals surface area (Å²) >= 11 is 13.8. The van der Waals surface area contributed by atoms with Gasteiger partial charge in [-0.05, 0) is 42.5 Å². The monoisotopic (exact) mass is 648 g/mol. The van der Waals surface area contributed by atoms with E-state index < -0.39 is 17.3 Å². The van der Waals surface area contributed by atoms with Crippen LogP contribution in [-0.2, 0) is 11.9 Å². The van der Waals surface area contributed by atoms with Gasteiger partial charge in [0.15, 0.2) is 10.8 Å². The van der Waals surface area contributed by atoms with Gasteiger partial charge in [0.25, 0.3) is 5.56 Å². The van der Waals surface area contributed by atoms with E-state index in [2.05, 4.69) is 15.2 Å². The third kappa shape index (κ3) is 4.96. The summed E-state index contributed by atoms with van der Waals surface area (Å²) < 4.78 is 43.9. The third-order valence-corrected chi connectivity index (χ3v) is 8.40. The number of benzene rings is 4. The van der Waals surface area contributed by atoms with Crippen LogP contribution in [-0.4, -0.2) is 29.1 Å². The first-order valence-electron chi connectivity index (χ1n) is 13.1. The molecule has 7 rings (SSSR count). The molecule has 13 heteroatoms. The van der Waals surface area contributed by atoms with Crippen LogP contribution in [0.1, 0.15) is 11.4 Å². The molecule has 0 aliphatic rings. The van der Waals surface area contributed by atoms with Gasteiger partial charge >= 0.3 is 6.18 Å². The molecule has 0 aliphatic heterocycles. The molecule has 0 atom stereocenters. The van der Waals surface area contributed by atoms with Crippen molar-refractivity contribution in [3.05, 3.63) is 123 Å². The fourth-order valence-electron chi connectivity index (χ4n) is 5.01. The van der Waals surface area contributed by atoms with E-state index in [1.807, 2.05) is 59.0 Å². The van der Waals surface area contributed by atoms with Gasteiger partial charge in [0, 0.05) is 16.0 Å². The molecule has 7 nitrogen and oxygen atoms in total. The molecule has 44 heavy (non-hydrogen) atoms. The minimum absolute atomic E-state index is 0.00494. The van der Waals surface area contributed by atoms with Crippen molar-refractivity contribution in [1.29, 1.82) is 0 Å².